The lowest BCUT2D eigenvalue weighted by atomic mass is 10.1. The quantitative estimate of drug-likeness (QED) is 0.451. The highest BCUT2D eigenvalue weighted by Gasteiger charge is 2.20. The van der Waals surface area contributed by atoms with E-state index in [0.717, 1.165) is 11.3 Å². The minimum Gasteiger partial charge on any atom is -0.493 e. The summed E-state index contributed by atoms with van der Waals surface area (Å²) in [5, 5.41) is 7.38. The molecule has 0 aliphatic rings. The zero-order valence-electron chi connectivity index (χ0n) is 18.1. The van der Waals surface area contributed by atoms with Crippen LogP contribution in [0.25, 0.3) is 16.8 Å². The van der Waals surface area contributed by atoms with Crippen molar-refractivity contribution in [2.24, 2.45) is 5.73 Å². The number of nitrogens with two attached hydrogens (primary N) is 1. The summed E-state index contributed by atoms with van der Waals surface area (Å²) in [5.74, 6) is 0.180. The Morgan fingerprint density at radius 1 is 0.909 bits per heavy atom. The van der Waals surface area contributed by atoms with Crippen molar-refractivity contribution in [2.75, 3.05) is 19.5 Å². The summed E-state index contributed by atoms with van der Waals surface area (Å²) in [4.78, 5) is 24.5. The first-order chi connectivity index (χ1) is 16.0. The average molecular weight is 442 g/mol. The fourth-order valence-electron chi connectivity index (χ4n) is 3.38. The van der Waals surface area contributed by atoms with E-state index in [9.17, 15) is 9.59 Å². The Morgan fingerprint density at radius 3 is 2.24 bits per heavy atom. The molecule has 0 unspecified atom stereocenters. The van der Waals surface area contributed by atoms with Crippen molar-refractivity contribution in [3.63, 3.8) is 0 Å². The van der Waals surface area contributed by atoms with Crippen LogP contribution in [0, 0.1) is 0 Å². The maximum Gasteiger partial charge on any atom is 0.276 e. The van der Waals surface area contributed by atoms with Crippen molar-refractivity contribution in [1.82, 2.24) is 9.78 Å². The number of carbonyl (C=O) groups is 2. The molecule has 1 aromatic heterocycles. The number of aromatic nitrogens is 2. The molecule has 0 fully saturated rings. The lowest BCUT2D eigenvalue weighted by Crippen LogP contribution is -2.15. The number of benzene rings is 3. The van der Waals surface area contributed by atoms with E-state index in [1.54, 1.807) is 61.5 Å². The van der Waals surface area contributed by atoms with Crippen molar-refractivity contribution >= 4 is 17.5 Å². The number of rotatable bonds is 7. The van der Waals surface area contributed by atoms with Gasteiger partial charge in [-0.3, -0.25) is 9.59 Å². The van der Waals surface area contributed by atoms with E-state index in [1.165, 1.54) is 0 Å². The van der Waals surface area contributed by atoms with Gasteiger partial charge >= 0.3 is 0 Å². The van der Waals surface area contributed by atoms with Crippen LogP contribution in [0.2, 0.25) is 0 Å². The molecule has 8 heteroatoms. The highest BCUT2D eigenvalue weighted by atomic mass is 16.5. The number of carbonyl (C=O) groups excluding carboxylic acids is 2. The van der Waals surface area contributed by atoms with Crippen LogP contribution < -0.4 is 20.5 Å². The predicted molar refractivity (Wildman–Crippen MR) is 125 cm³/mol. The van der Waals surface area contributed by atoms with Gasteiger partial charge in [-0.05, 0) is 54.1 Å². The van der Waals surface area contributed by atoms with E-state index in [0.29, 0.717) is 28.3 Å². The second kappa shape index (κ2) is 9.27. The highest BCUT2D eigenvalue weighted by molar-refractivity contribution is 6.07. The molecule has 0 atom stereocenters. The summed E-state index contributed by atoms with van der Waals surface area (Å²) in [6.07, 6.45) is 1.79. The zero-order chi connectivity index (χ0) is 23.4. The average Bonchev–Trinajstić information content (AvgIpc) is 3.30. The first kappa shape index (κ1) is 21.6. The summed E-state index contributed by atoms with van der Waals surface area (Å²) >= 11 is 0. The molecule has 8 nitrogen and oxygen atoms in total. The fraction of sp³-hybridized carbons (Fsp3) is 0.0800. The van der Waals surface area contributed by atoms with E-state index in [4.69, 9.17) is 15.2 Å². The van der Waals surface area contributed by atoms with Crippen molar-refractivity contribution in [3.05, 3.63) is 90.3 Å². The molecule has 1 heterocycles. The van der Waals surface area contributed by atoms with Crippen molar-refractivity contribution < 1.29 is 19.1 Å². The van der Waals surface area contributed by atoms with Gasteiger partial charge in [0.25, 0.3) is 5.91 Å². The van der Waals surface area contributed by atoms with Gasteiger partial charge in [0.1, 0.15) is 0 Å². The number of amides is 2. The summed E-state index contributed by atoms with van der Waals surface area (Å²) in [7, 11) is 3.12. The van der Waals surface area contributed by atoms with Crippen LogP contribution in [-0.2, 0) is 0 Å². The number of ether oxygens (including phenoxy) is 2. The number of nitrogens with one attached hydrogen (secondary N) is 1. The van der Waals surface area contributed by atoms with Crippen LogP contribution in [-0.4, -0.2) is 35.8 Å². The standard InChI is InChI=1S/C25H22N4O4/c1-32-21-13-10-17(14-22(21)33-2)20-15-29(19-6-4-3-5-7-19)28-23(20)25(31)27-18-11-8-16(9-12-18)24(26)30/h3-15H,1-2H3,(H2,26,30)(H,27,31). The minimum atomic E-state index is -0.537. The lowest BCUT2D eigenvalue weighted by molar-refractivity contribution is 0.0998. The molecule has 0 spiro atoms. The molecule has 0 aliphatic heterocycles. The Balaban J connectivity index is 1.75. The highest BCUT2D eigenvalue weighted by Crippen LogP contribution is 2.34. The second-order valence-electron chi connectivity index (χ2n) is 7.14. The Labute approximate surface area is 190 Å². The van der Waals surface area contributed by atoms with Gasteiger partial charge in [0.2, 0.25) is 5.91 Å². The van der Waals surface area contributed by atoms with E-state index in [2.05, 4.69) is 10.4 Å². The fourth-order valence-corrected chi connectivity index (χ4v) is 3.38. The summed E-state index contributed by atoms with van der Waals surface area (Å²) < 4.78 is 12.4. The van der Waals surface area contributed by atoms with Crippen LogP contribution in [0.5, 0.6) is 11.5 Å². The zero-order valence-corrected chi connectivity index (χ0v) is 18.1. The summed E-state index contributed by atoms with van der Waals surface area (Å²) in [5.41, 5.74) is 8.54. The molecule has 2 amide bonds. The van der Waals surface area contributed by atoms with Crippen molar-refractivity contribution in [2.45, 2.75) is 0 Å². The molecule has 4 rings (SSSR count). The molecule has 166 valence electrons. The van der Waals surface area contributed by atoms with Crippen LogP contribution in [0.3, 0.4) is 0 Å². The number of hydrogen-bond acceptors (Lipinski definition) is 5. The lowest BCUT2D eigenvalue weighted by Gasteiger charge is -2.10. The molecular formula is C25H22N4O4. The molecule has 0 bridgehead atoms. The molecule has 4 aromatic rings. The number of hydrogen-bond donors (Lipinski definition) is 2. The Kier molecular flexibility index (Phi) is 6.08. The van der Waals surface area contributed by atoms with Crippen LogP contribution >= 0.6 is 0 Å². The summed E-state index contributed by atoms with van der Waals surface area (Å²) in [6.45, 7) is 0. The summed E-state index contributed by atoms with van der Waals surface area (Å²) in [6, 6.07) is 21.2. The Morgan fingerprint density at radius 2 is 1.61 bits per heavy atom. The molecule has 0 aliphatic carbocycles. The maximum absolute atomic E-state index is 13.2. The maximum atomic E-state index is 13.2. The minimum absolute atomic E-state index is 0.227. The first-order valence-corrected chi connectivity index (χ1v) is 10.1. The molecule has 3 N–H and O–H groups in total. The van der Waals surface area contributed by atoms with Gasteiger partial charge < -0.3 is 20.5 Å². The number of para-hydroxylation sites is 1. The largest absolute Gasteiger partial charge is 0.493 e. The van der Waals surface area contributed by atoms with Gasteiger partial charge in [-0.15, -0.1) is 0 Å². The van der Waals surface area contributed by atoms with E-state index in [1.807, 2.05) is 36.4 Å². The predicted octanol–water partition coefficient (Wildman–Crippen LogP) is 3.91. The van der Waals surface area contributed by atoms with Gasteiger partial charge in [-0.25, -0.2) is 4.68 Å². The molecule has 0 saturated carbocycles. The third-order valence-electron chi connectivity index (χ3n) is 5.07. The molecule has 33 heavy (non-hydrogen) atoms. The number of primary amides is 1. The molecule has 3 aromatic carbocycles. The Hall–Kier alpha value is -4.59. The molecule has 0 radical (unpaired) electrons. The normalized spacial score (nSPS) is 10.5. The number of nitrogens with zero attached hydrogens (tertiary/aromatic N) is 2. The van der Waals surface area contributed by atoms with Crippen LogP contribution in [0.1, 0.15) is 20.8 Å². The topological polar surface area (TPSA) is 108 Å². The van der Waals surface area contributed by atoms with E-state index < -0.39 is 11.8 Å². The van der Waals surface area contributed by atoms with E-state index >= 15 is 0 Å². The molecule has 0 saturated heterocycles. The molecular weight excluding hydrogens is 420 g/mol. The smallest absolute Gasteiger partial charge is 0.276 e. The van der Waals surface area contributed by atoms with Gasteiger partial charge in [-0.2, -0.15) is 5.10 Å². The van der Waals surface area contributed by atoms with Gasteiger partial charge in [-0.1, -0.05) is 24.3 Å². The third kappa shape index (κ3) is 4.54. The SMILES string of the molecule is COc1ccc(-c2cn(-c3ccccc3)nc2C(=O)Nc2ccc(C(N)=O)cc2)cc1OC. The second-order valence-corrected chi connectivity index (χ2v) is 7.14. The van der Waals surface area contributed by atoms with Crippen molar-refractivity contribution in [3.8, 4) is 28.3 Å². The first-order valence-electron chi connectivity index (χ1n) is 10.1. The van der Waals surface area contributed by atoms with Crippen molar-refractivity contribution in [1.29, 1.82) is 0 Å². The number of anilines is 1. The third-order valence-corrected chi connectivity index (χ3v) is 5.07. The van der Waals surface area contributed by atoms with Crippen LogP contribution in [0.15, 0.2) is 79.0 Å². The Bertz CT molecular complexity index is 1300. The van der Waals surface area contributed by atoms with Gasteiger partial charge in [0.15, 0.2) is 17.2 Å². The number of methoxy groups -OCH3 is 2. The van der Waals surface area contributed by atoms with Gasteiger partial charge in [0.05, 0.1) is 19.9 Å². The van der Waals surface area contributed by atoms with E-state index in [-0.39, 0.29) is 5.69 Å². The van der Waals surface area contributed by atoms with Crippen LogP contribution in [0.4, 0.5) is 5.69 Å². The monoisotopic (exact) mass is 442 g/mol. The van der Waals surface area contributed by atoms with Gasteiger partial charge in [0, 0.05) is 23.0 Å².